The van der Waals surface area contributed by atoms with Crippen LogP contribution in [-0.2, 0) is 19.1 Å². The second kappa shape index (κ2) is 9.95. The van der Waals surface area contributed by atoms with Crippen molar-refractivity contribution >= 4 is 35.2 Å². The Morgan fingerprint density at radius 3 is 2.65 bits per heavy atom. The van der Waals surface area contributed by atoms with Gasteiger partial charge < -0.3 is 19.6 Å². The average Bonchev–Trinajstić information content (AvgIpc) is 3.17. The van der Waals surface area contributed by atoms with E-state index in [2.05, 4.69) is 6.08 Å². The van der Waals surface area contributed by atoms with E-state index in [-0.39, 0.29) is 24.4 Å². The molecule has 1 aromatic rings. The fourth-order valence-electron chi connectivity index (χ4n) is 6.52. The molecule has 8 heteroatoms. The van der Waals surface area contributed by atoms with E-state index in [0.29, 0.717) is 39.0 Å². The number of esters is 1. The average molecular weight is 525 g/mol. The number of rotatable bonds is 6. The minimum Gasteiger partial charge on any atom is -0.465 e. The Bertz CT molecular complexity index is 1160. The number of carbonyl (C=O) groups is 3. The number of fused-ring (bicyclic) bond motifs is 2. The first kappa shape index (κ1) is 26.0. The quantitative estimate of drug-likeness (QED) is 0.348. The van der Waals surface area contributed by atoms with Crippen LogP contribution in [0.25, 0.3) is 0 Å². The molecule has 1 N–H and O–H groups in total. The number of aliphatic hydroxyl groups excluding tert-OH is 1. The van der Waals surface area contributed by atoms with Crippen LogP contribution in [0.4, 0.5) is 5.69 Å². The monoisotopic (exact) mass is 524 g/mol. The molecule has 5 atom stereocenters. The van der Waals surface area contributed by atoms with Gasteiger partial charge in [0, 0.05) is 30.1 Å². The third-order valence-corrected chi connectivity index (χ3v) is 10.0. The summed E-state index contributed by atoms with van der Waals surface area (Å²) < 4.78 is 4.07. The minimum atomic E-state index is -0.870. The van der Waals surface area contributed by atoms with Crippen LogP contribution in [-0.4, -0.2) is 69.6 Å². The summed E-state index contributed by atoms with van der Waals surface area (Å²) in [6.07, 6.45) is 10.8. The minimum absolute atomic E-state index is 0.0977. The number of cyclic esters (lactones) is 1. The molecule has 2 fully saturated rings. The SMILES string of the molecule is Cc1ccc(C)c(N2CC=C[C@]34S[C@]5(C)C=CCCOC(=O)[C@@H]5[C@H]3C(=O)N(CCCCCO)C4C2=O)c1. The maximum Gasteiger partial charge on any atom is 0.311 e. The van der Waals surface area contributed by atoms with Gasteiger partial charge in [0.25, 0.3) is 5.91 Å². The zero-order valence-electron chi connectivity index (χ0n) is 21.8. The molecule has 0 saturated carbocycles. The van der Waals surface area contributed by atoms with Gasteiger partial charge in [0.2, 0.25) is 5.91 Å². The van der Waals surface area contributed by atoms with E-state index < -0.39 is 27.4 Å². The lowest BCUT2D eigenvalue weighted by molar-refractivity contribution is -0.154. The van der Waals surface area contributed by atoms with E-state index in [1.807, 2.05) is 57.2 Å². The number of amides is 2. The van der Waals surface area contributed by atoms with E-state index in [1.165, 1.54) is 0 Å². The molecule has 1 aromatic carbocycles. The predicted molar refractivity (Wildman–Crippen MR) is 144 cm³/mol. The van der Waals surface area contributed by atoms with Crippen molar-refractivity contribution in [2.75, 3.05) is 31.2 Å². The van der Waals surface area contributed by atoms with Crippen LogP contribution in [0.5, 0.6) is 0 Å². The van der Waals surface area contributed by atoms with E-state index in [0.717, 1.165) is 23.2 Å². The van der Waals surface area contributed by atoms with Crippen molar-refractivity contribution in [1.29, 1.82) is 0 Å². The molecule has 37 heavy (non-hydrogen) atoms. The summed E-state index contributed by atoms with van der Waals surface area (Å²) in [6, 6.07) is 5.35. The Labute approximate surface area is 222 Å². The largest absolute Gasteiger partial charge is 0.465 e. The van der Waals surface area contributed by atoms with Gasteiger partial charge in [0.1, 0.15) is 6.04 Å². The van der Waals surface area contributed by atoms with Crippen molar-refractivity contribution in [3.63, 3.8) is 0 Å². The van der Waals surface area contributed by atoms with Crippen molar-refractivity contribution in [1.82, 2.24) is 4.90 Å². The maximum absolute atomic E-state index is 14.5. The normalized spacial score (nSPS) is 33.0. The number of aliphatic hydroxyl groups is 1. The van der Waals surface area contributed by atoms with Gasteiger partial charge in [0.15, 0.2) is 0 Å². The lowest BCUT2D eigenvalue weighted by Gasteiger charge is -2.37. The van der Waals surface area contributed by atoms with E-state index >= 15 is 0 Å². The molecule has 4 aliphatic rings. The highest BCUT2D eigenvalue weighted by Gasteiger charge is 2.73. The fourth-order valence-corrected chi connectivity index (χ4v) is 8.68. The third kappa shape index (κ3) is 4.22. The molecule has 2 amide bonds. The number of carbonyl (C=O) groups excluding carboxylic acids is 3. The zero-order valence-corrected chi connectivity index (χ0v) is 22.6. The molecule has 4 heterocycles. The second-order valence-electron chi connectivity index (χ2n) is 10.8. The van der Waals surface area contributed by atoms with Gasteiger partial charge in [-0.15, -0.1) is 11.8 Å². The molecular formula is C29H36N2O5S. The van der Waals surface area contributed by atoms with Crippen molar-refractivity contribution < 1.29 is 24.2 Å². The zero-order chi connectivity index (χ0) is 26.4. The number of nitrogens with zero attached hydrogens (tertiary/aromatic N) is 2. The molecule has 5 rings (SSSR count). The van der Waals surface area contributed by atoms with Crippen LogP contribution in [0.15, 0.2) is 42.5 Å². The van der Waals surface area contributed by atoms with E-state index in [1.54, 1.807) is 21.6 Å². The third-order valence-electron chi connectivity index (χ3n) is 8.23. The first-order valence-electron chi connectivity index (χ1n) is 13.3. The van der Waals surface area contributed by atoms with E-state index in [9.17, 15) is 19.5 Å². The molecule has 0 radical (unpaired) electrons. The topological polar surface area (TPSA) is 87.2 Å². The molecule has 7 nitrogen and oxygen atoms in total. The van der Waals surface area contributed by atoms with Gasteiger partial charge in [-0.05, 0) is 63.6 Å². The van der Waals surface area contributed by atoms with Gasteiger partial charge in [-0.1, -0.05) is 36.4 Å². The summed E-state index contributed by atoms with van der Waals surface area (Å²) >= 11 is 1.57. The molecule has 4 aliphatic heterocycles. The summed E-state index contributed by atoms with van der Waals surface area (Å²) in [5, 5.41) is 9.24. The van der Waals surface area contributed by atoms with Crippen molar-refractivity contribution in [2.45, 2.75) is 62.0 Å². The molecule has 1 unspecified atom stereocenters. The lowest BCUT2D eigenvalue weighted by atomic mass is 9.74. The Hall–Kier alpha value is -2.58. The molecule has 2 saturated heterocycles. The summed E-state index contributed by atoms with van der Waals surface area (Å²) in [6.45, 7) is 7.22. The number of ether oxygens (including phenoxy) is 1. The number of hydrogen-bond acceptors (Lipinski definition) is 6. The first-order chi connectivity index (χ1) is 17.7. The van der Waals surface area contributed by atoms with Crippen LogP contribution >= 0.6 is 11.8 Å². The van der Waals surface area contributed by atoms with Crippen molar-refractivity contribution in [3.05, 3.63) is 53.6 Å². The predicted octanol–water partition coefficient (Wildman–Crippen LogP) is 3.56. The Balaban J connectivity index is 1.61. The van der Waals surface area contributed by atoms with Crippen molar-refractivity contribution in [2.24, 2.45) is 11.8 Å². The highest BCUT2D eigenvalue weighted by molar-refractivity contribution is 8.02. The van der Waals surface area contributed by atoms with Crippen LogP contribution in [0, 0.1) is 25.7 Å². The molecule has 198 valence electrons. The number of benzene rings is 1. The standard InChI is InChI=1S/C29H36N2O5S/c1-19-10-11-20(2)21(18-19)30-15-9-13-29-22(23-27(35)36-17-8-5-12-28(23,3)37-29)25(33)31(24(29)26(30)34)14-6-4-7-16-32/h5,9-13,18,22-24,32H,4,6-8,14-17H2,1-3H3/t22-,23-,24?,28+,29-/m0/s1. The number of anilines is 1. The van der Waals surface area contributed by atoms with Gasteiger partial charge in [-0.3, -0.25) is 14.4 Å². The molecule has 1 spiro atoms. The summed E-state index contributed by atoms with van der Waals surface area (Å²) in [4.78, 5) is 45.6. The van der Waals surface area contributed by atoms with Crippen LogP contribution in [0.2, 0.25) is 0 Å². The summed E-state index contributed by atoms with van der Waals surface area (Å²) in [7, 11) is 0. The van der Waals surface area contributed by atoms with Crippen LogP contribution in [0.1, 0.15) is 43.7 Å². The van der Waals surface area contributed by atoms with Gasteiger partial charge in [0.05, 0.1) is 23.2 Å². The van der Waals surface area contributed by atoms with Gasteiger partial charge in [-0.2, -0.15) is 0 Å². The number of unbranched alkanes of at least 4 members (excludes halogenated alkanes) is 2. The fraction of sp³-hybridized carbons (Fsp3) is 0.552. The van der Waals surface area contributed by atoms with Crippen LogP contribution < -0.4 is 4.90 Å². The molecule has 0 aliphatic carbocycles. The number of thioether (sulfide) groups is 1. The summed E-state index contributed by atoms with van der Waals surface area (Å²) in [5.41, 5.74) is 2.91. The van der Waals surface area contributed by atoms with Crippen LogP contribution in [0.3, 0.4) is 0 Å². The smallest absolute Gasteiger partial charge is 0.311 e. The number of hydrogen-bond donors (Lipinski definition) is 1. The van der Waals surface area contributed by atoms with E-state index in [4.69, 9.17) is 4.74 Å². The molecule has 0 bridgehead atoms. The van der Waals surface area contributed by atoms with Crippen molar-refractivity contribution in [3.8, 4) is 0 Å². The maximum atomic E-state index is 14.5. The lowest BCUT2D eigenvalue weighted by Crippen LogP contribution is -2.53. The Morgan fingerprint density at radius 1 is 1.05 bits per heavy atom. The number of aryl methyl sites for hydroxylation is 2. The highest BCUT2D eigenvalue weighted by atomic mass is 32.2. The number of likely N-dealkylation sites (tertiary alicyclic amines) is 1. The molecular weight excluding hydrogens is 488 g/mol. The Kier molecular flexibility index (Phi) is 7.00. The Morgan fingerprint density at radius 2 is 1.86 bits per heavy atom. The van der Waals surface area contributed by atoms with Gasteiger partial charge in [-0.25, -0.2) is 0 Å². The summed E-state index contributed by atoms with van der Waals surface area (Å²) in [5.74, 6) is -1.97. The second-order valence-corrected chi connectivity index (χ2v) is 12.6. The molecule has 0 aromatic heterocycles. The van der Waals surface area contributed by atoms with Gasteiger partial charge >= 0.3 is 5.97 Å². The first-order valence-corrected chi connectivity index (χ1v) is 14.1. The highest BCUT2D eigenvalue weighted by Crippen LogP contribution is 2.65.